The van der Waals surface area contributed by atoms with Crippen molar-refractivity contribution in [1.82, 2.24) is 10.3 Å². The zero-order chi connectivity index (χ0) is 16.2. The number of benzene rings is 1. The highest BCUT2D eigenvalue weighted by atomic mass is 16.1. The van der Waals surface area contributed by atoms with E-state index in [1.54, 1.807) is 0 Å². The molecule has 0 saturated carbocycles. The predicted molar refractivity (Wildman–Crippen MR) is 93.2 cm³/mol. The summed E-state index contributed by atoms with van der Waals surface area (Å²) in [6, 6.07) is 9.62. The summed E-state index contributed by atoms with van der Waals surface area (Å²) in [5, 5.41) is 6.21. The van der Waals surface area contributed by atoms with Gasteiger partial charge in [-0.15, -0.1) is 0 Å². The Bertz CT molecular complexity index is 691. The van der Waals surface area contributed by atoms with Crippen LogP contribution in [0.1, 0.15) is 21.5 Å². The van der Waals surface area contributed by atoms with Crippen LogP contribution in [0.2, 0.25) is 0 Å². The second kappa shape index (κ2) is 6.79. The summed E-state index contributed by atoms with van der Waals surface area (Å²) >= 11 is 0. The Labute approximate surface area is 136 Å². The minimum Gasteiger partial charge on any atom is -0.368 e. The maximum Gasteiger partial charge on any atom is 0.257 e. The van der Waals surface area contributed by atoms with Gasteiger partial charge in [0.1, 0.15) is 5.82 Å². The van der Waals surface area contributed by atoms with E-state index in [1.165, 1.54) is 0 Å². The number of aromatic nitrogens is 1. The number of aryl methyl sites for hydroxylation is 1. The second-order valence-electron chi connectivity index (χ2n) is 5.84. The fourth-order valence-corrected chi connectivity index (χ4v) is 2.75. The molecule has 0 bridgehead atoms. The minimum atomic E-state index is -0.117. The molecule has 1 amide bonds. The zero-order valence-corrected chi connectivity index (χ0v) is 13.6. The largest absolute Gasteiger partial charge is 0.368 e. The van der Waals surface area contributed by atoms with Crippen LogP contribution in [0, 0.1) is 13.8 Å². The molecule has 5 nitrogen and oxygen atoms in total. The molecule has 1 aromatic heterocycles. The van der Waals surface area contributed by atoms with Crippen molar-refractivity contribution in [1.29, 1.82) is 0 Å². The van der Waals surface area contributed by atoms with Crippen LogP contribution >= 0.6 is 0 Å². The van der Waals surface area contributed by atoms with Crippen LogP contribution < -0.4 is 15.5 Å². The van der Waals surface area contributed by atoms with Gasteiger partial charge < -0.3 is 15.5 Å². The molecule has 0 atom stereocenters. The van der Waals surface area contributed by atoms with Crippen LogP contribution in [0.4, 0.5) is 11.5 Å². The number of carbonyl (C=O) groups is 1. The fourth-order valence-electron chi connectivity index (χ4n) is 2.75. The van der Waals surface area contributed by atoms with Crippen LogP contribution in [0.5, 0.6) is 0 Å². The summed E-state index contributed by atoms with van der Waals surface area (Å²) in [4.78, 5) is 19.1. The Hall–Kier alpha value is -2.40. The first-order valence-corrected chi connectivity index (χ1v) is 7.94. The van der Waals surface area contributed by atoms with Gasteiger partial charge in [0.25, 0.3) is 5.91 Å². The number of pyridine rings is 1. The molecule has 1 aliphatic rings. The SMILES string of the molecule is Cc1cccc(C(=O)Nc2ccc(N3CCNCC3)cn2)c1C. The van der Waals surface area contributed by atoms with Gasteiger partial charge in [0, 0.05) is 31.7 Å². The average Bonchev–Trinajstić information content (AvgIpc) is 2.59. The summed E-state index contributed by atoms with van der Waals surface area (Å²) in [5.41, 5.74) is 3.90. The number of piperazine rings is 1. The van der Waals surface area contributed by atoms with Crippen molar-refractivity contribution in [2.24, 2.45) is 0 Å². The van der Waals surface area contributed by atoms with Crippen LogP contribution in [0.3, 0.4) is 0 Å². The molecule has 0 spiro atoms. The molecule has 1 fully saturated rings. The number of rotatable bonds is 3. The summed E-state index contributed by atoms with van der Waals surface area (Å²) in [6.07, 6.45) is 1.82. The molecular formula is C18H22N4O. The molecule has 1 saturated heterocycles. The smallest absolute Gasteiger partial charge is 0.257 e. The highest BCUT2D eigenvalue weighted by Gasteiger charge is 2.13. The maximum absolute atomic E-state index is 12.4. The van der Waals surface area contributed by atoms with Crippen molar-refractivity contribution in [3.8, 4) is 0 Å². The van der Waals surface area contributed by atoms with E-state index >= 15 is 0 Å². The quantitative estimate of drug-likeness (QED) is 0.914. The third-order valence-corrected chi connectivity index (χ3v) is 4.32. The molecule has 120 valence electrons. The van der Waals surface area contributed by atoms with Crippen LogP contribution in [-0.4, -0.2) is 37.1 Å². The highest BCUT2D eigenvalue weighted by molar-refractivity contribution is 6.05. The number of anilines is 2. The van der Waals surface area contributed by atoms with Gasteiger partial charge in [-0.2, -0.15) is 0 Å². The Morgan fingerprint density at radius 3 is 2.65 bits per heavy atom. The van der Waals surface area contributed by atoms with Crippen LogP contribution in [0.15, 0.2) is 36.5 Å². The van der Waals surface area contributed by atoms with Gasteiger partial charge in [-0.1, -0.05) is 12.1 Å². The van der Waals surface area contributed by atoms with Crippen molar-refractivity contribution >= 4 is 17.4 Å². The van der Waals surface area contributed by atoms with Gasteiger partial charge in [-0.05, 0) is 43.2 Å². The topological polar surface area (TPSA) is 57.3 Å². The maximum atomic E-state index is 12.4. The first kappa shape index (κ1) is 15.5. The van der Waals surface area contributed by atoms with E-state index in [-0.39, 0.29) is 5.91 Å². The lowest BCUT2D eigenvalue weighted by atomic mass is 10.0. The molecule has 5 heteroatoms. The van der Waals surface area contributed by atoms with Gasteiger partial charge in [0.15, 0.2) is 0 Å². The molecule has 3 rings (SSSR count). The predicted octanol–water partition coefficient (Wildman–Crippen LogP) is 2.36. The number of amides is 1. The molecule has 0 unspecified atom stereocenters. The Balaban J connectivity index is 1.70. The zero-order valence-electron chi connectivity index (χ0n) is 13.6. The average molecular weight is 310 g/mol. The third kappa shape index (κ3) is 3.51. The molecule has 1 aromatic carbocycles. The van der Waals surface area contributed by atoms with E-state index in [1.807, 2.05) is 50.4 Å². The summed E-state index contributed by atoms with van der Waals surface area (Å²) < 4.78 is 0. The molecule has 2 N–H and O–H groups in total. The van der Waals surface area contributed by atoms with Gasteiger partial charge >= 0.3 is 0 Å². The Kier molecular flexibility index (Phi) is 4.57. The van der Waals surface area contributed by atoms with E-state index in [4.69, 9.17) is 0 Å². The van der Waals surface area contributed by atoms with Crippen molar-refractivity contribution in [3.05, 3.63) is 53.2 Å². The lowest BCUT2D eigenvalue weighted by molar-refractivity contribution is 0.102. The lowest BCUT2D eigenvalue weighted by Gasteiger charge is -2.29. The number of nitrogens with zero attached hydrogens (tertiary/aromatic N) is 2. The van der Waals surface area contributed by atoms with Crippen LogP contribution in [0.25, 0.3) is 0 Å². The number of carbonyl (C=O) groups excluding carboxylic acids is 1. The second-order valence-corrected chi connectivity index (χ2v) is 5.84. The Morgan fingerprint density at radius 1 is 1.17 bits per heavy atom. The van der Waals surface area contributed by atoms with Crippen molar-refractivity contribution in [3.63, 3.8) is 0 Å². The van der Waals surface area contributed by atoms with E-state index in [9.17, 15) is 4.79 Å². The number of hydrogen-bond acceptors (Lipinski definition) is 4. The first-order valence-electron chi connectivity index (χ1n) is 7.94. The normalized spacial score (nSPS) is 14.6. The van der Waals surface area contributed by atoms with Gasteiger partial charge in [-0.3, -0.25) is 4.79 Å². The Morgan fingerprint density at radius 2 is 1.96 bits per heavy atom. The monoisotopic (exact) mass is 310 g/mol. The highest BCUT2D eigenvalue weighted by Crippen LogP contribution is 2.17. The summed E-state index contributed by atoms with van der Waals surface area (Å²) in [6.45, 7) is 7.92. The van der Waals surface area contributed by atoms with Crippen molar-refractivity contribution in [2.75, 3.05) is 36.4 Å². The number of nitrogens with one attached hydrogen (secondary N) is 2. The van der Waals surface area contributed by atoms with E-state index in [0.717, 1.165) is 43.0 Å². The summed E-state index contributed by atoms with van der Waals surface area (Å²) in [5.74, 6) is 0.461. The van der Waals surface area contributed by atoms with E-state index in [2.05, 4.69) is 20.5 Å². The van der Waals surface area contributed by atoms with Gasteiger partial charge in [0.05, 0.1) is 11.9 Å². The molecular weight excluding hydrogens is 288 g/mol. The van der Waals surface area contributed by atoms with E-state index < -0.39 is 0 Å². The van der Waals surface area contributed by atoms with Crippen LogP contribution in [-0.2, 0) is 0 Å². The third-order valence-electron chi connectivity index (χ3n) is 4.32. The minimum absolute atomic E-state index is 0.117. The van der Waals surface area contributed by atoms with E-state index in [0.29, 0.717) is 11.4 Å². The van der Waals surface area contributed by atoms with Gasteiger partial charge in [-0.25, -0.2) is 4.98 Å². The lowest BCUT2D eigenvalue weighted by Crippen LogP contribution is -2.43. The standard InChI is InChI=1S/C18H22N4O/c1-13-4-3-5-16(14(13)2)18(23)21-17-7-6-15(12-20-17)22-10-8-19-9-11-22/h3-7,12,19H,8-11H2,1-2H3,(H,20,21,23). The molecule has 1 aliphatic heterocycles. The fraction of sp³-hybridized carbons (Fsp3) is 0.333. The molecule has 0 radical (unpaired) electrons. The number of hydrogen-bond donors (Lipinski definition) is 2. The van der Waals surface area contributed by atoms with Gasteiger partial charge in [0.2, 0.25) is 0 Å². The molecule has 0 aliphatic carbocycles. The molecule has 2 heterocycles. The molecule has 23 heavy (non-hydrogen) atoms. The summed E-state index contributed by atoms with van der Waals surface area (Å²) in [7, 11) is 0. The first-order chi connectivity index (χ1) is 11.1. The van der Waals surface area contributed by atoms with Crippen molar-refractivity contribution < 1.29 is 4.79 Å². The molecule has 2 aromatic rings. The van der Waals surface area contributed by atoms with Crippen molar-refractivity contribution in [2.45, 2.75) is 13.8 Å².